The molecule has 0 radical (unpaired) electrons. The number of hydrogen-bond donors (Lipinski definition) is 2. The molecule has 1 amide bonds. The summed E-state index contributed by atoms with van der Waals surface area (Å²) in [5.41, 5.74) is 1.95. The molecule has 3 aromatic carbocycles. The molecule has 0 atom stereocenters. The van der Waals surface area contributed by atoms with Gasteiger partial charge in [0.15, 0.2) is 11.5 Å². The van der Waals surface area contributed by atoms with Gasteiger partial charge in [-0.25, -0.2) is 4.79 Å². The van der Waals surface area contributed by atoms with E-state index in [9.17, 15) is 14.9 Å². The van der Waals surface area contributed by atoms with Crippen molar-refractivity contribution in [3.05, 3.63) is 91.5 Å². The molecular formula is C25H18ClIN2O5. The molecular weight excluding hydrogens is 571 g/mol. The number of rotatable bonds is 8. The number of hydrogen-bond acceptors (Lipinski definition) is 5. The van der Waals surface area contributed by atoms with Crippen molar-refractivity contribution in [2.75, 3.05) is 12.4 Å². The van der Waals surface area contributed by atoms with E-state index in [-0.39, 0.29) is 17.7 Å². The molecule has 0 aliphatic carbocycles. The predicted octanol–water partition coefficient (Wildman–Crippen LogP) is 5.78. The molecule has 0 saturated heterocycles. The van der Waals surface area contributed by atoms with Gasteiger partial charge in [0.2, 0.25) is 0 Å². The number of anilines is 1. The SMILES string of the molecule is COc1cc(/C=C(\C#N)C(=O)Nc2cccc(Cl)c2)cc(I)c1OCc1ccc(C(=O)O)cc1. The number of carboxylic acids is 1. The van der Waals surface area contributed by atoms with Gasteiger partial charge in [-0.05, 0) is 82.3 Å². The van der Waals surface area contributed by atoms with Crippen LogP contribution in [0.3, 0.4) is 0 Å². The van der Waals surface area contributed by atoms with Crippen LogP contribution in [0.4, 0.5) is 5.69 Å². The van der Waals surface area contributed by atoms with Crippen molar-refractivity contribution in [2.45, 2.75) is 6.61 Å². The molecule has 3 rings (SSSR count). The molecule has 0 aliphatic heterocycles. The van der Waals surface area contributed by atoms with E-state index in [1.54, 1.807) is 48.5 Å². The van der Waals surface area contributed by atoms with Gasteiger partial charge in [0.25, 0.3) is 5.91 Å². The molecule has 0 heterocycles. The van der Waals surface area contributed by atoms with Crippen LogP contribution >= 0.6 is 34.2 Å². The number of benzene rings is 3. The quantitative estimate of drug-likeness (QED) is 0.196. The molecule has 172 valence electrons. The first-order chi connectivity index (χ1) is 16.3. The van der Waals surface area contributed by atoms with Gasteiger partial charge in [0.05, 0.1) is 16.2 Å². The maximum Gasteiger partial charge on any atom is 0.335 e. The van der Waals surface area contributed by atoms with Crippen LogP contribution in [-0.2, 0) is 11.4 Å². The zero-order valence-electron chi connectivity index (χ0n) is 17.8. The Hall–Kier alpha value is -3.55. The Morgan fingerprint density at radius 1 is 1.18 bits per heavy atom. The molecule has 7 nitrogen and oxygen atoms in total. The van der Waals surface area contributed by atoms with Crippen molar-refractivity contribution in [3.8, 4) is 17.6 Å². The van der Waals surface area contributed by atoms with Crippen molar-refractivity contribution in [2.24, 2.45) is 0 Å². The lowest BCUT2D eigenvalue weighted by molar-refractivity contribution is -0.112. The summed E-state index contributed by atoms with van der Waals surface area (Å²) < 4.78 is 12.1. The standard InChI is InChI=1S/C25H18ClIN2O5/c1-33-22-11-16(9-18(13-28)24(30)29-20-4-2-3-19(26)12-20)10-21(27)23(22)34-14-15-5-7-17(8-6-15)25(31)32/h2-12H,14H2,1H3,(H,29,30)(H,31,32)/b18-9+. The van der Waals surface area contributed by atoms with Gasteiger partial charge >= 0.3 is 5.97 Å². The van der Waals surface area contributed by atoms with Gasteiger partial charge < -0.3 is 19.9 Å². The number of carbonyl (C=O) groups excluding carboxylic acids is 1. The van der Waals surface area contributed by atoms with E-state index in [4.69, 9.17) is 26.2 Å². The highest BCUT2D eigenvalue weighted by Gasteiger charge is 2.15. The average molecular weight is 589 g/mol. The molecule has 0 spiro atoms. The van der Waals surface area contributed by atoms with E-state index >= 15 is 0 Å². The molecule has 0 aliphatic rings. The number of nitriles is 1. The minimum atomic E-state index is -0.995. The summed E-state index contributed by atoms with van der Waals surface area (Å²) in [6, 6.07) is 18.3. The number of methoxy groups -OCH3 is 1. The summed E-state index contributed by atoms with van der Waals surface area (Å²) in [5, 5.41) is 21.6. The van der Waals surface area contributed by atoms with Crippen molar-refractivity contribution in [1.82, 2.24) is 0 Å². The number of carbonyl (C=O) groups is 2. The molecule has 2 N–H and O–H groups in total. The van der Waals surface area contributed by atoms with Crippen molar-refractivity contribution >= 4 is 57.8 Å². The summed E-state index contributed by atoms with van der Waals surface area (Å²) in [5.74, 6) is -0.647. The number of nitrogens with one attached hydrogen (secondary N) is 1. The second-order valence-electron chi connectivity index (χ2n) is 6.96. The smallest absolute Gasteiger partial charge is 0.335 e. The average Bonchev–Trinajstić information content (AvgIpc) is 2.81. The zero-order chi connectivity index (χ0) is 24.7. The third-order valence-electron chi connectivity index (χ3n) is 4.59. The zero-order valence-corrected chi connectivity index (χ0v) is 20.8. The van der Waals surface area contributed by atoms with Crippen molar-refractivity contribution in [1.29, 1.82) is 5.26 Å². The summed E-state index contributed by atoms with van der Waals surface area (Å²) in [7, 11) is 1.49. The summed E-state index contributed by atoms with van der Waals surface area (Å²) >= 11 is 8.02. The Labute approximate surface area is 214 Å². The van der Waals surface area contributed by atoms with E-state index in [0.717, 1.165) is 5.56 Å². The van der Waals surface area contributed by atoms with Gasteiger partial charge in [-0.2, -0.15) is 5.26 Å². The minimum absolute atomic E-state index is 0.0926. The van der Waals surface area contributed by atoms with Gasteiger partial charge in [0, 0.05) is 10.7 Å². The van der Waals surface area contributed by atoms with E-state index in [0.29, 0.717) is 31.3 Å². The number of nitrogens with zero attached hydrogens (tertiary/aromatic N) is 1. The van der Waals surface area contributed by atoms with Gasteiger partial charge in [-0.3, -0.25) is 4.79 Å². The predicted molar refractivity (Wildman–Crippen MR) is 137 cm³/mol. The second kappa shape index (κ2) is 11.5. The summed E-state index contributed by atoms with van der Waals surface area (Å²) in [6.07, 6.45) is 1.46. The Kier molecular flexibility index (Phi) is 8.51. The molecule has 34 heavy (non-hydrogen) atoms. The monoisotopic (exact) mass is 588 g/mol. The van der Waals surface area contributed by atoms with Crippen molar-refractivity contribution in [3.63, 3.8) is 0 Å². The number of aromatic carboxylic acids is 1. The van der Waals surface area contributed by atoms with E-state index < -0.39 is 11.9 Å². The van der Waals surface area contributed by atoms with Gasteiger partial charge in [0.1, 0.15) is 18.2 Å². The highest BCUT2D eigenvalue weighted by molar-refractivity contribution is 14.1. The fourth-order valence-electron chi connectivity index (χ4n) is 2.94. The summed E-state index contributed by atoms with van der Waals surface area (Å²) in [6.45, 7) is 0.201. The Balaban J connectivity index is 1.79. The van der Waals surface area contributed by atoms with Crippen LogP contribution in [0.2, 0.25) is 5.02 Å². The first-order valence-electron chi connectivity index (χ1n) is 9.82. The molecule has 0 unspecified atom stereocenters. The fraction of sp³-hybridized carbons (Fsp3) is 0.0800. The normalized spacial score (nSPS) is 10.8. The first kappa shape index (κ1) is 25.1. The highest BCUT2D eigenvalue weighted by atomic mass is 127. The van der Waals surface area contributed by atoms with Crippen LogP contribution in [0.25, 0.3) is 6.08 Å². The van der Waals surface area contributed by atoms with Gasteiger partial charge in [-0.15, -0.1) is 0 Å². The Bertz CT molecular complexity index is 1300. The number of carboxylic acid groups (broad SMARTS) is 1. The van der Waals surface area contributed by atoms with E-state index in [2.05, 4.69) is 27.9 Å². The maximum atomic E-state index is 12.6. The van der Waals surface area contributed by atoms with E-state index in [1.165, 1.54) is 25.3 Å². The van der Waals surface area contributed by atoms with E-state index in [1.807, 2.05) is 6.07 Å². The lowest BCUT2D eigenvalue weighted by Crippen LogP contribution is -2.13. The maximum absolute atomic E-state index is 12.6. The molecule has 9 heteroatoms. The van der Waals surface area contributed by atoms with Crippen LogP contribution in [-0.4, -0.2) is 24.1 Å². The number of halogens is 2. The highest BCUT2D eigenvalue weighted by Crippen LogP contribution is 2.35. The molecule has 3 aromatic rings. The van der Waals surface area contributed by atoms with Crippen LogP contribution in [0.1, 0.15) is 21.5 Å². The molecule has 0 bridgehead atoms. The largest absolute Gasteiger partial charge is 0.493 e. The fourth-order valence-corrected chi connectivity index (χ4v) is 3.91. The van der Waals surface area contributed by atoms with Crippen LogP contribution < -0.4 is 14.8 Å². The minimum Gasteiger partial charge on any atom is -0.493 e. The lowest BCUT2D eigenvalue weighted by atomic mass is 10.1. The molecule has 0 aromatic heterocycles. The summed E-state index contributed by atoms with van der Waals surface area (Å²) in [4.78, 5) is 23.5. The van der Waals surface area contributed by atoms with Crippen molar-refractivity contribution < 1.29 is 24.2 Å². The first-order valence-corrected chi connectivity index (χ1v) is 11.3. The Morgan fingerprint density at radius 2 is 1.91 bits per heavy atom. The molecule has 0 saturated carbocycles. The topological polar surface area (TPSA) is 109 Å². The molecule has 0 fully saturated rings. The van der Waals surface area contributed by atoms with Gasteiger partial charge in [-0.1, -0.05) is 29.8 Å². The van der Waals surface area contributed by atoms with Crippen LogP contribution in [0.5, 0.6) is 11.5 Å². The van der Waals surface area contributed by atoms with Crippen LogP contribution in [0.15, 0.2) is 66.2 Å². The third-order valence-corrected chi connectivity index (χ3v) is 5.63. The third kappa shape index (κ3) is 6.50. The van der Waals surface area contributed by atoms with Crippen LogP contribution in [0, 0.1) is 14.9 Å². The number of ether oxygens (including phenoxy) is 2. The Morgan fingerprint density at radius 3 is 2.53 bits per heavy atom. The number of amides is 1. The lowest BCUT2D eigenvalue weighted by Gasteiger charge is -2.14. The second-order valence-corrected chi connectivity index (χ2v) is 8.56.